The molecule has 0 radical (unpaired) electrons. The molecule has 0 aliphatic rings. The van der Waals surface area contributed by atoms with Gasteiger partial charge in [-0.2, -0.15) is 0 Å². The Morgan fingerprint density at radius 1 is 1.29 bits per heavy atom. The molecule has 2 N–H and O–H groups in total. The normalized spacial score (nSPS) is 11.5. The molecule has 0 saturated carbocycles. The number of nitrogens with zero attached hydrogens (tertiary/aromatic N) is 2. The summed E-state index contributed by atoms with van der Waals surface area (Å²) in [5.41, 5.74) is 1.73. The lowest BCUT2D eigenvalue weighted by Crippen LogP contribution is -2.36. The third-order valence-corrected chi connectivity index (χ3v) is 3.28. The lowest BCUT2D eigenvalue weighted by atomic mass is 10.2. The summed E-state index contributed by atoms with van der Waals surface area (Å²) in [5, 5.41) is 11.4. The van der Waals surface area contributed by atoms with Crippen LogP contribution in [0.2, 0.25) is 10.0 Å². The zero-order chi connectivity index (χ0) is 15.1. The zero-order valence-corrected chi connectivity index (χ0v) is 13.1. The average Bonchev–Trinajstić information content (AvgIpc) is 2.96. The molecular weight excluding hydrogens is 311 g/mol. The molecule has 0 amide bonds. The molecule has 0 aliphatic carbocycles. The van der Waals surface area contributed by atoms with Crippen molar-refractivity contribution >= 4 is 29.2 Å². The number of guanidine groups is 1. The van der Waals surface area contributed by atoms with Gasteiger partial charge < -0.3 is 15.2 Å². The van der Waals surface area contributed by atoms with Gasteiger partial charge in [-0.05, 0) is 24.6 Å². The highest BCUT2D eigenvalue weighted by Gasteiger charge is 2.03. The van der Waals surface area contributed by atoms with E-state index in [0.29, 0.717) is 29.1 Å². The van der Waals surface area contributed by atoms with E-state index < -0.39 is 0 Å². The van der Waals surface area contributed by atoms with Gasteiger partial charge in [0, 0.05) is 22.7 Å². The van der Waals surface area contributed by atoms with Gasteiger partial charge in [0.05, 0.1) is 13.1 Å². The van der Waals surface area contributed by atoms with E-state index in [1.165, 1.54) is 6.26 Å². The minimum absolute atomic E-state index is 0.462. The van der Waals surface area contributed by atoms with Gasteiger partial charge in [0.2, 0.25) is 0 Å². The van der Waals surface area contributed by atoms with Crippen LogP contribution in [0.25, 0.3) is 0 Å². The molecule has 0 spiro atoms. The van der Waals surface area contributed by atoms with E-state index in [4.69, 9.17) is 27.7 Å². The number of nitrogens with one attached hydrogen (secondary N) is 2. The number of aromatic nitrogens is 1. The van der Waals surface area contributed by atoms with Gasteiger partial charge in [0.25, 0.3) is 0 Å². The van der Waals surface area contributed by atoms with Crippen LogP contribution < -0.4 is 10.6 Å². The van der Waals surface area contributed by atoms with E-state index in [0.717, 1.165) is 17.8 Å². The number of aliphatic imine (C=N–C) groups is 1. The Hall–Kier alpha value is -1.72. The molecule has 21 heavy (non-hydrogen) atoms. The van der Waals surface area contributed by atoms with E-state index >= 15 is 0 Å². The van der Waals surface area contributed by atoms with Gasteiger partial charge in [-0.25, -0.2) is 4.99 Å². The number of halogens is 2. The van der Waals surface area contributed by atoms with Crippen LogP contribution >= 0.6 is 23.2 Å². The van der Waals surface area contributed by atoms with Crippen molar-refractivity contribution in [2.75, 3.05) is 6.54 Å². The molecule has 0 saturated heterocycles. The van der Waals surface area contributed by atoms with Gasteiger partial charge in [0.1, 0.15) is 12.0 Å². The fourth-order valence-corrected chi connectivity index (χ4v) is 2.13. The van der Waals surface area contributed by atoms with E-state index in [2.05, 4.69) is 20.8 Å². The topological polar surface area (TPSA) is 62.5 Å². The van der Waals surface area contributed by atoms with Crippen LogP contribution in [-0.4, -0.2) is 17.7 Å². The Kier molecular flexibility index (Phi) is 5.90. The molecule has 112 valence electrons. The summed E-state index contributed by atoms with van der Waals surface area (Å²) in [5.74, 6) is 0.687. The van der Waals surface area contributed by atoms with Crippen LogP contribution in [-0.2, 0) is 13.1 Å². The molecule has 0 unspecified atom stereocenters. The third kappa shape index (κ3) is 4.95. The summed E-state index contributed by atoms with van der Waals surface area (Å²) in [4.78, 5) is 4.48. The van der Waals surface area contributed by atoms with Crippen molar-refractivity contribution in [2.45, 2.75) is 20.0 Å². The number of hydrogen-bond donors (Lipinski definition) is 2. The Balaban J connectivity index is 1.99. The smallest absolute Gasteiger partial charge is 0.191 e. The minimum Gasteiger partial charge on any atom is -0.364 e. The summed E-state index contributed by atoms with van der Waals surface area (Å²) in [6.07, 6.45) is 1.54. The summed E-state index contributed by atoms with van der Waals surface area (Å²) in [6.45, 7) is 3.77. The minimum atomic E-state index is 0.462. The summed E-state index contributed by atoms with van der Waals surface area (Å²) in [6, 6.07) is 7.18. The van der Waals surface area contributed by atoms with Crippen molar-refractivity contribution in [2.24, 2.45) is 4.99 Å². The Morgan fingerprint density at radius 3 is 2.81 bits per heavy atom. The standard InChI is InChI=1S/C14H16Cl2N4O/c1-2-17-14(19-9-12-5-6-21-20-12)18-8-10-3-4-11(15)7-13(10)16/h3-7H,2,8-9H2,1H3,(H2,17,18,19). The first-order chi connectivity index (χ1) is 10.2. The third-order valence-electron chi connectivity index (χ3n) is 2.70. The second-order valence-electron chi connectivity index (χ2n) is 4.28. The maximum atomic E-state index is 6.13. The van der Waals surface area contributed by atoms with Gasteiger partial charge in [-0.1, -0.05) is 34.4 Å². The molecule has 7 heteroatoms. The average molecular weight is 327 g/mol. The highest BCUT2D eigenvalue weighted by atomic mass is 35.5. The first-order valence-electron chi connectivity index (χ1n) is 6.54. The predicted molar refractivity (Wildman–Crippen MR) is 84.6 cm³/mol. The van der Waals surface area contributed by atoms with Crippen LogP contribution in [0, 0.1) is 0 Å². The zero-order valence-electron chi connectivity index (χ0n) is 11.6. The molecule has 0 bridgehead atoms. The monoisotopic (exact) mass is 326 g/mol. The molecule has 0 fully saturated rings. The van der Waals surface area contributed by atoms with Gasteiger partial charge in [0.15, 0.2) is 5.96 Å². The summed E-state index contributed by atoms with van der Waals surface area (Å²) in [7, 11) is 0. The molecular formula is C14H16Cl2N4O. The quantitative estimate of drug-likeness (QED) is 0.654. The lowest BCUT2D eigenvalue weighted by Gasteiger charge is -2.10. The Labute approximate surface area is 133 Å². The number of hydrogen-bond acceptors (Lipinski definition) is 3. The van der Waals surface area contributed by atoms with E-state index in [1.54, 1.807) is 18.2 Å². The SMILES string of the molecule is CCNC(=NCc1ccc(Cl)cc1Cl)NCc1ccon1. The van der Waals surface area contributed by atoms with Crippen LogP contribution in [0.4, 0.5) is 0 Å². The van der Waals surface area contributed by atoms with Gasteiger partial charge in [-0.3, -0.25) is 0 Å². The van der Waals surface area contributed by atoms with Gasteiger partial charge >= 0.3 is 0 Å². The highest BCUT2D eigenvalue weighted by Crippen LogP contribution is 2.21. The first kappa shape index (κ1) is 15.7. The molecule has 1 aromatic carbocycles. The van der Waals surface area contributed by atoms with E-state index in [9.17, 15) is 0 Å². The molecule has 1 heterocycles. The molecule has 5 nitrogen and oxygen atoms in total. The second-order valence-corrected chi connectivity index (χ2v) is 5.12. The maximum Gasteiger partial charge on any atom is 0.191 e. The van der Waals surface area contributed by atoms with Crippen molar-refractivity contribution in [3.63, 3.8) is 0 Å². The molecule has 1 aromatic heterocycles. The van der Waals surface area contributed by atoms with E-state index in [-0.39, 0.29) is 0 Å². The number of rotatable bonds is 5. The molecule has 0 aliphatic heterocycles. The number of benzene rings is 1. The van der Waals surface area contributed by atoms with Crippen LogP contribution in [0.5, 0.6) is 0 Å². The highest BCUT2D eigenvalue weighted by molar-refractivity contribution is 6.35. The fourth-order valence-electron chi connectivity index (χ4n) is 1.66. The van der Waals surface area contributed by atoms with Crippen LogP contribution in [0.3, 0.4) is 0 Å². The Morgan fingerprint density at radius 2 is 2.14 bits per heavy atom. The molecule has 0 atom stereocenters. The fraction of sp³-hybridized carbons (Fsp3) is 0.286. The Bertz CT molecular complexity index is 599. The maximum absolute atomic E-state index is 6.13. The summed E-state index contributed by atoms with van der Waals surface area (Å²) >= 11 is 12.0. The summed E-state index contributed by atoms with van der Waals surface area (Å²) < 4.78 is 4.78. The first-order valence-corrected chi connectivity index (χ1v) is 7.30. The van der Waals surface area contributed by atoms with Crippen LogP contribution in [0.15, 0.2) is 40.0 Å². The lowest BCUT2D eigenvalue weighted by molar-refractivity contribution is 0.410. The van der Waals surface area contributed by atoms with Crippen molar-refractivity contribution in [3.05, 3.63) is 51.8 Å². The van der Waals surface area contributed by atoms with Crippen LogP contribution in [0.1, 0.15) is 18.2 Å². The predicted octanol–water partition coefficient (Wildman–Crippen LogP) is 3.24. The largest absolute Gasteiger partial charge is 0.364 e. The van der Waals surface area contributed by atoms with Crippen molar-refractivity contribution < 1.29 is 4.52 Å². The van der Waals surface area contributed by atoms with Crippen molar-refractivity contribution in [1.29, 1.82) is 0 Å². The second kappa shape index (κ2) is 7.90. The van der Waals surface area contributed by atoms with E-state index in [1.807, 2.05) is 13.0 Å². The molecule has 2 rings (SSSR count). The van der Waals surface area contributed by atoms with Crippen molar-refractivity contribution in [3.8, 4) is 0 Å². The molecule has 2 aromatic rings. The van der Waals surface area contributed by atoms with Crippen molar-refractivity contribution in [1.82, 2.24) is 15.8 Å². The van der Waals surface area contributed by atoms with Gasteiger partial charge in [-0.15, -0.1) is 0 Å².